The van der Waals surface area contributed by atoms with Crippen LogP contribution in [0.2, 0.25) is 0 Å². The van der Waals surface area contributed by atoms with Crippen LogP contribution in [0.25, 0.3) is 0 Å². The first-order chi connectivity index (χ1) is 8.63. The molecule has 1 aliphatic rings. The third kappa shape index (κ3) is 3.16. The van der Waals surface area contributed by atoms with Crippen molar-refractivity contribution in [2.24, 2.45) is 5.73 Å². The summed E-state index contributed by atoms with van der Waals surface area (Å²) in [6.07, 6.45) is 5.43. The number of nitrogens with zero attached hydrogens (tertiary/aromatic N) is 1. The van der Waals surface area contributed by atoms with Gasteiger partial charge in [0.2, 0.25) is 0 Å². The molecule has 4 heteroatoms. The van der Waals surface area contributed by atoms with Crippen molar-refractivity contribution in [1.82, 2.24) is 4.90 Å². The molecule has 0 saturated heterocycles. The Morgan fingerprint density at radius 2 is 2.11 bits per heavy atom. The average Bonchev–Trinajstić information content (AvgIpc) is 2.96. The molecule has 1 aromatic rings. The molecule has 2 unspecified atom stereocenters. The van der Waals surface area contributed by atoms with Crippen LogP contribution in [-0.4, -0.2) is 23.5 Å². The van der Waals surface area contributed by atoms with Gasteiger partial charge in [-0.25, -0.2) is 0 Å². The number of rotatable bonds is 5. The molecule has 2 rings (SSSR count). The van der Waals surface area contributed by atoms with Gasteiger partial charge in [-0.1, -0.05) is 19.8 Å². The lowest BCUT2D eigenvalue weighted by Gasteiger charge is -2.37. The van der Waals surface area contributed by atoms with Crippen LogP contribution in [0.5, 0.6) is 0 Å². The minimum absolute atomic E-state index is 0.177. The van der Waals surface area contributed by atoms with Crippen molar-refractivity contribution < 1.29 is 0 Å². The summed E-state index contributed by atoms with van der Waals surface area (Å²) in [6.45, 7) is 5.48. The molecule has 2 nitrogen and oxygen atoms in total. The van der Waals surface area contributed by atoms with Crippen LogP contribution in [0.3, 0.4) is 0 Å². The van der Waals surface area contributed by atoms with Crippen molar-refractivity contribution in [3.63, 3.8) is 0 Å². The monoisotopic (exact) mass is 330 g/mol. The molecule has 0 aliphatic heterocycles. The first kappa shape index (κ1) is 14.5. The van der Waals surface area contributed by atoms with Crippen molar-refractivity contribution in [1.29, 1.82) is 0 Å². The maximum atomic E-state index is 6.27. The molecule has 1 fully saturated rings. The minimum Gasteiger partial charge on any atom is -0.326 e. The zero-order valence-corrected chi connectivity index (χ0v) is 13.6. The molecule has 2 atom stereocenters. The molecular formula is C14H23BrN2S. The molecule has 0 aromatic carbocycles. The summed E-state index contributed by atoms with van der Waals surface area (Å²) < 4.78 is 1.20. The van der Waals surface area contributed by atoms with Crippen LogP contribution < -0.4 is 5.73 Å². The second-order valence-corrected chi connectivity index (χ2v) is 7.71. The van der Waals surface area contributed by atoms with E-state index in [1.807, 2.05) is 11.3 Å². The van der Waals surface area contributed by atoms with E-state index in [4.69, 9.17) is 5.73 Å². The fourth-order valence-corrected chi connectivity index (χ4v) is 4.79. The molecule has 102 valence electrons. The Kier molecular flexibility index (Phi) is 5.24. The van der Waals surface area contributed by atoms with Gasteiger partial charge < -0.3 is 5.73 Å². The predicted molar refractivity (Wildman–Crippen MR) is 83.0 cm³/mol. The van der Waals surface area contributed by atoms with Crippen molar-refractivity contribution in [3.8, 4) is 0 Å². The van der Waals surface area contributed by atoms with E-state index in [0.29, 0.717) is 6.04 Å². The van der Waals surface area contributed by atoms with Crippen molar-refractivity contribution in [2.75, 3.05) is 6.54 Å². The van der Waals surface area contributed by atoms with Gasteiger partial charge in [0.05, 0.1) is 9.83 Å². The molecule has 0 spiro atoms. The van der Waals surface area contributed by atoms with E-state index in [0.717, 1.165) is 12.6 Å². The average molecular weight is 331 g/mol. The molecule has 1 aromatic heterocycles. The van der Waals surface area contributed by atoms with Gasteiger partial charge in [-0.05, 0) is 54.4 Å². The molecular weight excluding hydrogens is 308 g/mol. The van der Waals surface area contributed by atoms with Crippen LogP contribution in [-0.2, 0) is 0 Å². The molecule has 0 bridgehead atoms. The minimum atomic E-state index is 0.177. The van der Waals surface area contributed by atoms with Crippen LogP contribution in [0, 0.1) is 0 Å². The molecule has 2 N–H and O–H groups in total. The number of hydrogen-bond donors (Lipinski definition) is 1. The molecule has 1 saturated carbocycles. The summed E-state index contributed by atoms with van der Waals surface area (Å²) in [7, 11) is 0. The smallest absolute Gasteiger partial charge is 0.0702 e. The van der Waals surface area contributed by atoms with Crippen LogP contribution in [0.15, 0.2) is 15.9 Å². The Bertz CT molecular complexity index is 372. The number of thiophene rings is 1. The van der Waals surface area contributed by atoms with Gasteiger partial charge in [-0.15, -0.1) is 11.3 Å². The quantitative estimate of drug-likeness (QED) is 0.878. The molecule has 1 heterocycles. The van der Waals surface area contributed by atoms with Gasteiger partial charge in [-0.3, -0.25) is 4.90 Å². The van der Waals surface area contributed by atoms with Crippen molar-refractivity contribution >= 4 is 27.3 Å². The van der Waals surface area contributed by atoms with Crippen LogP contribution >= 0.6 is 27.3 Å². The summed E-state index contributed by atoms with van der Waals surface area (Å²) in [5, 5.41) is 0. The maximum Gasteiger partial charge on any atom is 0.0702 e. The fraction of sp³-hybridized carbons (Fsp3) is 0.714. The number of halogens is 1. The highest BCUT2D eigenvalue weighted by Gasteiger charge is 2.31. The van der Waals surface area contributed by atoms with E-state index < -0.39 is 0 Å². The predicted octanol–water partition coefficient (Wildman–Crippen LogP) is 4.16. The normalized spacial score (nSPS) is 20.5. The Hall–Kier alpha value is 0.1000. The third-order valence-electron chi connectivity index (χ3n) is 3.90. The van der Waals surface area contributed by atoms with Crippen LogP contribution in [0.4, 0.5) is 0 Å². The number of nitrogens with two attached hydrogens (primary N) is 1. The largest absolute Gasteiger partial charge is 0.326 e. The lowest BCUT2D eigenvalue weighted by atomic mass is 10.0. The summed E-state index contributed by atoms with van der Waals surface area (Å²) in [4.78, 5) is 4.02. The fourth-order valence-electron chi connectivity index (χ4n) is 3.13. The summed E-state index contributed by atoms with van der Waals surface area (Å²) >= 11 is 5.38. The molecule has 0 radical (unpaired) electrons. The van der Waals surface area contributed by atoms with Gasteiger partial charge in [-0.2, -0.15) is 0 Å². The molecule has 18 heavy (non-hydrogen) atoms. The molecule has 1 aliphatic carbocycles. The summed E-state index contributed by atoms with van der Waals surface area (Å²) in [5.74, 6) is 0. The zero-order chi connectivity index (χ0) is 13.1. The Balaban J connectivity index is 2.22. The highest BCUT2D eigenvalue weighted by Crippen LogP contribution is 2.36. The lowest BCUT2D eigenvalue weighted by molar-refractivity contribution is 0.129. The van der Waals surface area contributed by atoms with Crippen molar-refractivity contribution in [3.05, 3.63) is 20.8 Å². The van der Waals surface area contributed by atoms with E-state index in [1.54, 1.807) is 0 Å². The van der Waals surface area contributed by atoms with E-state index >= 15 is 0 Å². The first-order valence-electron chi connectivity index (χ1n) is 6.90. The third-order valence-corrected chi connectivity index (χ3v) is 5.59. The Morgan fingerprint density at radius 3 is 2.56 bits per heavy atom. The van der Waals surface area contributed by atoms with Crippen LogP contribution in [0.1, 0.15) is 50.4 Å². The van der Waals surface area contributed by atoms with Gasteiger partial charge >= 0.3 is 0 Å². The number of hydrogen-bond acceptors (Lipinski definition) is 3. The second-order valence-electron chi connectivity index (χ2n) is 5.21. The topological polar surface area (TPSA) is 29.3 Å². The summed E-state index contributed by atoms with van der Waals surface area (Å²) in [6, 6.07) is 5.63. The SMILES string of the molecule is CCN(C1CCCC1)C(c1ccc(Br)s1)C(C)N. The highest BCUT2D eigenvalue weighted by atomic mass is 79.9. The number of likely N-dealkylation sites (N-methyl/N-ethyl adjacent to an activating group) is 1. The Morgan fingerprint density at radius 1 is 1.44 bits per heavy atom. The maximum absolute atomic E-state index is 6.27. The lowest BCUT2D eigenvalue weighted by Crippen LogP contribution is -2.43. The second kappa shape index (κ2) is 6.51. The van der Waals surface area contributed by atoms with Gasteiger partial charge in [0.15, 0.2) is 0 Å². The van der Waals surface area contributed by atoms with Crippen molar-refractivity contribution in [2.45, 2.75) is 57.7 Å². The van der Waals surface area contributed by atoms with E-state index in [2.05, 4.69) is 46.8 Å². The van der Waals surface area contributed by atoms with E-state index in [1.165, 1.54) is 34.3 Å². The summed E-state index contributed by atoms with van der Waals surface area (Å²) in [5.41, 5.74) is 6.27. The van der Waals surface area contributed by atoms with Gasteiger partial charge in [0.1, 0.15) is 0 Å². The van der Waals surface area contributed by atoms with Gasteiger partial charge in [0.25, 0.3) is 0 Å². The first-order valence-corrected chi connectivity index (χ1v) is 8.51. The standard InChI is InChI=1S/C14H23BrN2S/c1-3-17(11-6-4-5-7-11)14(10(2)16)12-8-9-13(15)18-12/h8-11,14H,3-7,16H2,1-2H3. The highest BCUT2D eigenvalue weighted by molar-refractivity contribution is 9.11. The zero-order valence-electron chi connectivity index (χ0n) is 11.2. The molecule has 0 amide bonds. The Labute approximate surface area is 123 Å². The van der Waals surface area contributed by atoms with Gasteiger partial charge in [0, 0.05) is 17.0 Å². The van der Waals surface area contributed by atoms with E-state index in [-0.39, 0.29) is 6.04 Å². The van der Waals surface area contributed by atoms with E-state index in [9.17, 15) is 0 Å².